The number of aromatic nitrogens is 1. The molecule has 0 aliphatic carbocycles. The molecular formula is C12H14N2O. The first-order valence-corrected chi connectivity index (χ1v) is 5.26. The Bertz CT molecular complexity index is 503. The van der Waals surface area contributed by atoms with Crippen molar-refractivity contribution in [1.29, 1.82) is 0 Å². The first-order chi connectivity index (χ1) is 7.31. The molecular weight excluding hydrogens is 188 g/mol. The molecule has 3 heteroatoms. The van der Waals surface area contributed by atoms with Gasteiger partial charge in [0, 0.05) is 30.3 Å². The fourth-order valence-corrected chi connectivity index (χ4v) is 2.47. The van der Waals surface area contributed by atoms with Gasteiger partial charge in [0.2, 0.25) is 0 Å². The van der Waals surface area contributed by atoms with Crippen LogP contribution in [0.5, 0.6) is 0 Å². The van der Waals surface area contributed by atoms with Crippen LogP contribution in [-0.4, -0.2) is 16.3 Å². The zero-order valence-electron chi connectivity index (χ0n) is 8.43. The average Bonchev–Trinajstić information content (AvgIpc) is 2.76. The topological polar surface area (TPSA) is 51.2 Å². The number of hydrogen-bond acceptors (Lipinski definition) is 2. The Balaban J connectivity index is 2.20. The van der Waals surface area contributed by atoms with E-state index in [0.29, 0.717) is 0 Å². The Morgan fingerprint density at radius 2 is 2.20 bits per heavy atom. The Morgan fingerprint density at radius 3 is 3.00 bits per heavy atom. The molecule has 3 nitrogen and oxygen atoms in total. The van der Waals surface area contributed by atoms with E-state index >= 15 is 0 Å². The number of aliphatic hydroxyl groups is 1. The molecule has 0 saturated carbocycles. The second-order valence-corrected chi connectivity index (χ2v) is 4.21. The summed E-state index contributed by atoms with van der Waals surface area (Å²) in [6, 6.07) is 10.4. The van der Waals surface area contributed by atoms with E-state index in [1.807, 2.05) is 12.1 Å². The van der Waals surface area contributed by atoms with Crippen LogP contribution in [0.1, 0.15) is 11.7 Å². The zero-order valence-corrected chi connectivity index (χ0v) is 8.43. The maximum atomic E-state index is 9.21. The minimum Gasteiger partial charge on any atom is -0.396 e. The van der Waals surface area contributed by atoms with Gasteiger partial charge in [-0.3, -0.25) is 0 Å². The number of aliphatic hydroxyl groups excluding tert-OH is 1. The molecule has 2 heterocycles. The second kappa shape index (κ2) is 3.08. The fraction of sp³-hybridized carbons (Fsp3) is 0.333. The first kappa shape index (κ1) is 8.95. The summed E-state index contributed by atoms with van der Waals surface area (Å²) in [4.78, 5) is 0. The summed E-state index contributed by atoms with van der Waals surface area (Å²) >= 11 is 0. The largest absolute Gasteiger partial charge is 0.396 e. The molecule has 2 atom stereocenters. The van der Waals surface area contributed by atoms with Crippen molar-refractivity contribution >= 4 is 10.9 Å². The van der Waals surface area contributed by atoms with Crippen molar-refractivity contribution in [2.75, 3.05) is 6.61 Å². The highest BCUT2D eigenvalue weighted by atomic mass is 16.3. The van der Waals surface area contributed by atoms with E-state index in [0.717, 1.165) is 12.2 Å². The Labute approximate surface area is 88.1 Å². The van der Waals surface area contributed by atoms with Gasteiger partial charge in [-0.2, -0.15) is 0 Å². The van der Waals surface area contributed by atoms with Gasteiger partial charge in [-0.15, -0.1) is 0 Å². The molecule has 1 aliphatic heterocycles. The Morgan fingerprint density at radius 1 is 1.40 bits per heavy atom. The second-order valence-electron chi connectivity index (χ2n) is 4.21. The summed E-state index contributed by atoms with van der Waals surface area (Å²) in [5, 5.41) is 10.4. The Hall–Kier alpha value is -1.32. The van der Waals surface area contributed by atoms with Gasteiger partial charge in [0.15, 0.2) is 0 Å². The summed E-state index contributed by atoms with van der Waals surface area (Å²) < 4.78 is 2.22. The number of hydrogen-bond donors (Lipinski definition) is 2. The minimum absolute atomic E-state index is 0.0256. The molecule has 0 spiro atoms. The predicted octanol–water partition coefficient (Wildman–Crippen LogP) is 1.26. The van der Waals surface area contributed by atoms with Crippen molar-refractivity contribution in [3.63, 3.8) is 0 Å². The van der Waals surface area contributed by atoms with Gasteiger partial charge in [-0.25, -0.2) is 0 Å². The summed E-state index contributed by atoms with van der Waals surface area (Å²) in [6.07, 6.45) is 0. The van der Waals surface area contributed by atoms with Crippen molar-refractivity contribution in [2.45, 2.75) is 12.6 Å². The molecule has 0 radical (unpaired) electrons. The van der Waals surface area contributed by atoms with Gasteiger partial charge in [0.05, 0.1) is 6.04 Å². The summed E-state index contributed by atoms with van der Waals surface area (Å²) in [5.41, 5.74) is 8.45. The lowest BCUT2D eigenvalue weighted by molar-refractivity contribution is 0.208. The highest BCUT2D eigenvalue weighted by Gasteiger charge is 2.30. The summed E-state index contributed by atoms with van der Waals surface area (Å²) in [7, 11) is 0. The van der Waals surface area contributed by atoms with Crippen LogP contribution in [0.4, 0.5) is 0 Å². The van der Waals surface area contributed by atoms with Gasteiger partial charge in [-0.1, -0.05) is 18.2 Å². The van der Waals surface area contributed by atoms with E-state index in [9.17, 15) is 5.11 Å². The van der Waals surface area contributed by atoms with Gasteiger partial charge < -0.3 is 15.4 Å². The van der Waals surface area contributed by atoms with Crippen LogP contribution in [-0.2, 0) is 6.54 Å². The van der Waals surface area contributed by atoms with E-state index in [1.54, 1.807) is 0 Å². The fourth-order valence-electron chi connectivity index (χ4n) is 2.47. The molecule has 0 amide bonds. The highest BCUT2D eigenvalue weighted by Crippen LogP contribution is 2.34. The van der Waals surface area contributed by atoms with Gasteiger partial charge >= 0.3 is 0 Å². The molecule has 0 saturated heterocycles. The summed E-state index contributed by atoms with van der Waals surface area (Å²) in [6.45, 7) is 0.998. The van der Waals surface area contributed by atoms with Gasteiger partial charge in [-0.05, 0) is 17.5 Å². The molecule has 3 N–H and O–H groups in total. The van der Waals surface area contributed by atoms with Crippen molar-refractivity contribution < 1.29 is 5.11 Å². The molecule has 3 rings (SSSR count). The minimum atomic E-state index is -0.0256. The standard InChI is InChI=1S/C12H14N2O/c13-12-9(7-15)6-14-10-4-2-1-3-8(10)5-11(12)14/h1-5,9,12,15H,6-7,13H2/t9-,12+/m1/s1. The number of benzene rings is 1. The van der Waals surface area contributed by atoms with E-state index in [-0.39, 0.29) is 18.6 Å². The molecule has 0 fully saturated rings. The Kier molecular flexibility index (Phi) is 1.84. The number of nitrogens with two attached hydrogens (primary N) is 1. The molecule has 1 aliphatic rings. The van der Waals surface area contributed by atoms with Crippen LogP contribution in [0.25, 0.3) is 10.9 Å². The molecule has 78 valence electrons. The van der Waals surface area contributed by atoms with Crippen LogP contribution >= 0.6 is 0 Å². The van der Waals surface area contributed by atoms with Crippen LogP contribution in [0.15, 0.2) is 30.3 Å². The van der Waals surface area contributed by atoms with E-state index in [2.05, 4.69) is 22.8 Å². The monoisotopic (exact) mass is 202 g/mol. The SMILES string of the molecule is N[C@@H]1c2cc3ccccc3n2C[C@@H]1CO. The third-order valence-corrected chi connectivity index (χ3v) is 3.34. The maximum absolute atomic E-state index is 9.21. The highest BCUT2D eigenvalue weighted by molar-refractivity contribution is 5.81. The van der Waals surface area contributed by atoms with E-state index in [1.165, 1.54) is 10.9 Å². The number of rotatable bonds is 1. The molecule has 2 aromatic rings. The van der Waals surface area contributed by atoms with Crippen LogP contribution < -0.4 is 5.73 Å². The van der Waals surface area contributed by atoms with Gasteiger partial charge in [0.1, 0.15) is 0 Å². The normalized spacial score (nSPS) is 24.7. The molecule has 15 heavy (non-hydrogen) atoms. The zero-order chi connectivity index (χ0) is 10.4. The van der Waals surface area contributed by atoms with Crippen LogP contribution in [0.2, 0.25) is 0 Å². The number of para-hydroxylation sites is 1. The molecule has 0 unspecified atom stereocenters. The predicted molar refractivity (Wildman–Crippen MR) is 59.4 cm³/mol. The average molecular weight is 202 g/mol. The van der Waals surface area contributed by atoms with E-state index in [4.69, 9.17) is 5.73 Å². The first-order valence-electron chi connectivity index (χ1n) is 5.26. The lowest BCUT2D eigenvalue weighted by atomic mass is 10.0. The van der Waals surface area contributed by atoms with Gasteiger partial charge in [0.25, 0.3) is 0 Å². The van der Waals surface area contributed by atoms with Crippen molar-refractivity contribution in [1.82, 2.24) is 4.57 Å². The summed E-state index contributed by atoms with van der Waals surface area (Å²) in [5.74, 6) is 0.171. The van der Waals surface area contributed by atoms with Crippen molar-refractivity contribution in [2.24, 2.45) is 11.7 Å². The molecule has 1 aromatic heterocycles. The number of fused-ring (bicyclic) bond motifs is 3. The van der Waals surface area contributed by atoms with Crippen LogP contribution in [0.3, 0.4) is 0 Å². The van der Waals surface area contributed by atoms with Crippen LogP contribution in [0, 0.1) is 5.92 Å². The van der Waals surface area contributed by atoms with Crippen molar-refractivity contribution in [3.05, 3.63) is 36.0 Å². The molecule has 0 bridgehead atoms. The quantitative estimate of drug-likeness (QED) is 0.731. The maximum Gasteiger partial charge on any atom is 0.0518 e. The number of nitrogens with zero attached hydrogens (tertiary/aromatic N) is 1. The smallest absolute Gasteiger partial charge is 0.0518 e. The molecule has 1 aromatic carbocycles. The van der Waals surface area contributed by atoms with E-state index < -0.39 is 0 Å². The third-order valence-electron chi connectivity index (χ3n) is 3.34. The third kappa shape index (κ3) is 1.14. The lowest BCUT2D eigenvalue weighted by Gasteiger charge is -2.10. The van der Waals surface area contributed by atoms with Crippen molar-refractivity contribution in [3.8, 4) is 0 Å². The lowest BCUT2D eigenvalue weighted by Crippen LogP contribution is -2.19.